The molecular formula is C19H23F3N4O3. The third kappa shape index (κ3) is 6.60. The van der Waals surface area contributed by atoms with Gasteiger partial charge in [0.05, 0.1) is 11.3 Å². The summed E-state index contributed by atoms with van der Waals surface area (Å²) in [5.41, 5.74) is 9.54. The van der Waals surface area contributed by atoms with Crippen LogP contribution >= 0.6 is 0 Å². The predicted molar refractivity (Wildman–Crippen MR) is 100 cm³/mol. The summed E-state index contributed by atoms with van der Waals surface area (Å²) in [5.74, 6) is -0.0583. The summed E-state index contributed by atoms with van der Waals surface area (Å²) >= 11 is 0. The standard InChI is InChI=1S/C19H23F3N4O3/c1-11(2)9-18(3,24)10-28-15-5-4-12(8-13(15)19(20,21)22)14-6-7-25-17(26-14)29-16(23)27/h4-8,11H,9-10,24H2,1-3H3,(H2,23,27). The van der Waals surface area contributed by atoms with Gasteiger partial charge in [-0.1, -0.05) is 13.8 Å². The molecule has 0 spiro atoms. The SMILES string of the molecule is CC(C)CC(C)(N)COc1ccc(-c2ccnc(OC(N)=O)n2)cc1C(F)(F)F. The first kappa shape index (κ1) is 22.4. The first-order valence-corrected chi connectivity index (χ1v) is 8.81. The van der Waals surface area contributed by atoms with Gasteiger partial charge in [-0.05, 0) is 43.5 Å². The Hall–Kier alpha value is -2.88. The number of ether oxygens (including phenoxy) is 2. The molecule has 7 nitrogen and oxygen atoms in total. The molecule has 158 valence electrons. The lowest BCUT2D eigenvalue weighted by atomic mass is 9.93. The Kier molecular flexibility index (Phi) is 6.68. The van der Waals surface area contributed by atoms with E-state index in [1.165, 1.54) is 24.4 Å². The molecule has 10 heteroatoms. The molecule has 1 atom stereocenters. The van der Waals surface area contributed by atoms with Crippen molar-refractivity contribution in [3.63, 3.8) is 0 Å². The van der Waals surface area contributed by atoms with Gasteiger partial charge in [-0.15, -0.1) is 0 Å². The number of carbonyl (C=O) groups excluding carboxylic acids is 1. The fourth-order valence-electron chi connectivity index (χ4n) is 2.91. The largest absolute Gasteiger partial charge is 0.491 e. The summed E-state index contributed by atoms with van der Waals surface area (Å²) in [6.07, 6.45) is -3.96. The van der Waals surface area contributed by atoms with Crippen LogP contribution in [-0.4, -0.2) is 28.2 Å². The predicted octanol–water partition coefficient (Wildman–Crippen LogP) is 3.76. The van der Waals surface area contributed by atoms with Crippen molar-refractivity contribution in [2.24, 2.45) is 17.4 Å². The number of alkyl halides is 3. The van der Waals surface area contributed by atoms with Crippen molar-refractivity contribution in [3.05, 3.63) is 36.0 Å². The van der Waals surface area contributed by atoms with E-state index in [1.54, 1.807) is 6.92 Å². The molecule has 0 bridgehead atoms. The molecule has 0 saturated carbocycles. The molecule has 29 heavy (non-hydrogen) atoms. The number of hydrogen-bond acceptors (Lipinski definition) is 6. The molecule has 0 radical (unpaired) electrons. The molecule has 1 heterocycles. The molecule has 0 aliphatic heterocycles. The Morgan fingerprint density at radius 1 is 1.24 bits per heavy atom. The molecule has 1 aromatic heterocycles. The van der Waals surface area contributed by atoms with Crippen molar-refractivity contribution in [3.8, 4) is 23.0 Å². The van der Waals surface area contributed by atoms with Gasteiger partial charge in [-0.2, -0.15) is 18.2 Å². The van der Waals surface area contributed by atoms with Crippen molar-refractivity contribution < 1.29 is 27.4 Å². The maximum absolute atomic E-state index is 13.6. The summed E-state index contributed by atoms with van der Waals surface area (Å²) in [7, 11) is 0. The first-order chi connectivity index (χ1) is 13.4. The van der Waals surface area contributed by atoms with E-state index in [4.69, 9.17) is 16.2 Å². The average molecular weight is 412 g/mol. The number of aromatic nitrogens is 2. The van der Waals surface area contributed by atoms with E-state index in [-0.39, 0.29) is 35.5 Å². The fourth-order valence-corrected chi connectivity index (χ4v) is 2.91. The Bertz CT molecular complexity index is 870. The number of amides is 1. The van der Waals surface area contributed by atoms with E-state index in [0.29, 0.717) is 6.42 Å². The van der Waals surface area contributed by atoms with Crippen molar-refractivity contribution in [2.75, 3.05) is 6.61 Å². The van der Waals surface area contributed by atoms with Crippen LogP contribution in [0.2, 0.25) is 0 Å². The van der Waals surface area contributed by atoms with Gasteiger partial charge in [0.25, 0.3) is 0 Å². The van der Waals surface area contributed by atoms with E-state index >= 15 is 0 Å². The molecule has 0 fully saturated rings. The lowest BCUT2D eigenvalue weighted by molar-refractivity contribution is -0.139. The van der Waals surface area contributed by atoms with Gasteiger partial charge >= 0.3 is 18.3 Å². The molecule has 4 N–H and O–H groups in total. The second-order valence-corrected chi connectivity index (χ2v) is 7.39. The number of hydrogen-bond donors (Lipinski definition) is 2. The Labute approximate surface area is 166 Å². The van der Waals surface area contributed by atoms with Crippen molar-refractivity contribution in [1.82, 2.24) is 9.97 Å². The molecule has 0 aliphatic carbocycles. The van der Waals surface area contributed by atoms with Crippen LogP contribution in [-0.2, 0) is 6.18 Å². The van der Waals surface area contributed by atoms with Crippen molar-refractivity contribution >= 4 is 6.09 Å². The van der Waals surface area contributed by atoms with Crippen LogP contribution in [0, 0.1) is 5.92 Å². The summed E-state index contributed by atoms with van der Waals surface area (Å²) in [5, 5.41) is 0. The van der Waals surface area contributed by atoms with E-state index in [9.17, 15) is 18.0 Å². The first-order valence-electron chi connectivity index (χ1n) is 8.81. The van der Waals surface area contributed by atoms with Crippen LogP contribution in [0.25, 0.3) is 11.3 Å². The van der Waals surface area contributed by atoms with E-state index in [2.05, 4.69) is 14.7 Å². The maximum Gasteiger partial charge on any atom is 0.419 e. The highest BCUT2D eigenvalue weighted by Crippen LogP contribution is 2.39. The molecular weight excluding hydrogens is 389 g/mol. The topological polar surface area (TPSA) is 113 Å². The number of benzene rings is 1. The quantitative estimate of drug-likeness (QED) is 0.716. The van der Waals surface area contributed by atoms with Gasteiger partial charge in [0, 0.05) is 17.3 Å². The van der Waals surface area contributed by atoms with Crippen LogP contribution in [0.5, 0.6) is 11.8 Å². The number of primary amides is 1. The summed E-state index contributed by atoms with van der Waals surface area (Å²) in [6.45, 7) is 5.60. The summed E-state index contributed by atoms with van der Waals surface area (Å²) in [4.78, 5) is 18.4. The van der Waals surface area contributed by atoms with Gasteiger partial charge < -0.3 is 20.9 Å². The maximum atomic E-state index is 13.6. The van der Waals surface area contributed by atoms with Gasteiger partial charge in [0.15, 0.2) is 0 Å². The molecule has 2 aromatic rings. The second kappa shape index (κ2) is 8.64. The lowest BCUT2D eigenvalue weighted by Crippen LogP contribution is -2.43. The molecule has 2 rings (SSSR count). The number of halogens is 3. The van der Waals surface area contributed by atoms with Crippen molar-refractivity contribution in [1.29, 1.82) is 0 Å². The van der Waals surface area contributed by atoms with Crippen LogP contribution in [0.15, 0.2) is 30.5 Å². The van der Waals surface area contributed by atoms with Gasteiger partial charge in [0.1, 0.15) is 12.4 Å². The Morgan fingerprint density at radius 3 is 2.52 bits per heavy atom. The number of rotatable bonds is 7. The van der Waals surface area contributed by atoms with Gasteiger partial charge in [-0.3, -0.25) is 0 Å². The monoisotopic (exact) mass is 412 g/mol. The van der Waals surface area contributed by atoms with Crippen LogP contribution in [0.1, 0.15) is 32.8 Å². The zero-order valence-corrected chi connectivity index (χ0v) is 16.3. The highest BCUT2D eigenvalue weighted by molar-refractivity contribution is 5.67. The molecule has 1 aromatic carbocycles. The van der Waals surface area contributed by atoms with Crippen LogP contribution < -0.4 is 20.9 Å². The summed E-state index contributed by atoms with van der Waals surface area (Å²) < 4.78 is 50.8. The smallest absolute Gasteiger partial charge is 0.419 e. The number of carbonyl (C=O) groups is 1. The zero-order valence-electron chi connectivity index (χ0n) is 16.3. The van der Waals surface area contributed by atoms with Crippen LogP contribution in [0.3, 0.4) is 0 Å². The Morgan fingerprint density at radius 2 is 1.93 bits per heavy atom. The van der Waals surface area contributed by atoms with Gasteiger partial charge in [-0.25, -0.2) is 9.78 Å². The second-order valence-electron chi connectivity index (χ2n) is 7.39. The Balaban J connectivity index is 2.34. The minimum atomic E-state index is -4.66. The zero-order chi connectivity index (χ0) is 21.8. The van der Waals surface area contributed by atoms with E-state index in [0.717, 1.165) is 6.07 Å². The van der Waals surface area contributed by atoms with Crippen LogP contribution in [0.4, 0.5) is 18.0 Å². The highest BCUT2D eigenvalue weighted by atomic mass is 19.4. The normalized spacial score (nSPS) is 13.8. The molecule has 1 unspecified atom stereocenters. The molecule has 0 saturated heterocycles. The number of nitrogens with zero attached hydrogens (tertiary/aromatic N) is 2. The molecule has 1 amide bonds. The minimum absolute atomic E-state index is 0.0717. The van der Waals surface area contributed by atoms with Crippen molar-refractivity contribution in [2.45, 2.75) is 38.9 Å². The summed E-state index contributed by atoms with van der Waals surface area (Å²) in [6, 6.07) is 4.54. The highest BCUT2D eigenvalue weighted by Gasteiger charge is 2.35. The molecule has 0 aliphatic rings. The average Bonchev–Trinajstić information content (AvgIpc) is 2.57. The lowest BCUT2D eigenvalue weighted by Gasteiger charge is -2.27. The minimum Gasteiger partial charge on any atom is -0.491 e. The fraction of sp³-hybridized carbons (Fsp3) is 0.421. The van der Waals surface area contributed by atoms with Gasteiger partial charge in [0.2, 0.25) is 0 Å². The third-order valence-electron chi connectivity index (χ3n) is 3.84. The number of nitrogens with two attached hydrogens (primary N) is 2. The van der Waals surface area contributed by atoms with E-state index < -0.39 is 23.4 Å². The van der Waals surface area contributed by atoms with E-state index in [1.807, 2.05) is 13.8 Å². The third-order valence-corrected chi connectivity index (χ3v) is 3.84.